The molecule has 0 aliphatic carbocycles. The summed E-state index contributed by atoms with van der Waals surface area (Å²) in [6.45, 7) is 1.54. The minimum absolute atomic E-state index is 0.204. The van der Waals surface area contributed by atoms with Gasteiger partial charge in [0.2, 0.25) is 0 Å². The van der Waals surface area contributed by atoms with Gasteiger partial charge in [0.05, 0.1) is 14.2 Å². The number of ether oxygens (including phenoxy) is 2. The number of aliphatic hydroxyl groups is 1. The molecule has 2 aromatic rings. The number of benzene rings is 2. The van der Waals surface area contributed by atoms with Crippen LogP contribution in [0.2, 0.25) is 0 Å². The number of methoxy groups -OCH3 is 2. The van der Waals surface area contributed by atoms with Gasteiger partial charge >= 0.3 is 0 Å². The summed E-state index contributed by atoms with van der Waals surface area (Å²) in [5.41, 5.74) is -0.776. The molecule has 4 heteroatoms. The highest BCUT2D eigenvalue weighted by Crippen LogP contribution is 2.35. The van der Waals surface area contributed by atoms with Crippen molar-refractivity contribution in [1.29, 1.82) is 0 Å². The first kappa shape index (κ1) is 14.3. The van der Waals surface area contributed by atoms with Crippen molar-refractivity contribution in [1.82, 2.24) is 0 Å². The minimum Gasteiger partial charge on any atom is -0.497 e. The molecule has 3 nitrogen and oxygen atoms in total. The smallest absolute Gasteiger partial charge is 0.129 e. The average molecular weight is 276 g/mol. The maximum Gasteiger partial charge on any atom is 0.129 e. The van der Waals surface area contributed by atoms with Gasteiger partial charge in [0, 0.05) is 11.6 Å². The van der Waals surface area contributed by atoms with Crippen molar-refractivity contribution < 1.29 is 19.0 Å². The Balaban J connectivity index is 2.56. The second kappa shape index (κ2) is 5.51. The molecule has 0 saturated heterocycles. The molecule has 0 radical (unpaired) electrons. The highest BCUT2D eigenvalue weighted by Gasteiger charge is 2.29. The van der Waals surface area contributed by atoms with Gasteiger partial charge in [0.1, 0.15) is 22.9 Å². The molecule has 0 saturated carbocycles. The molecule has 2 aromatic carbocycles. The Morgan fingerprint density at radius 3 is 2.05 bits per heavy atom. The van der Waals surface area contributed by atoms with Crippen LogP contribution < -0.4 is 9.47 Å². The monoisotopic (exact) mass is 276 g/mol. The van der Waals surface area contributed by atoms with E-state index in [-0.39, 0.29) is 5.56 Å². The largest absolute Gasteiger partial charge is 0.497 e. The first-order chi connectivity index (χ1) is 9.48. The van der Waals surface area contributed by atoms with Gasteiger partial charge in [-0.05, 0) is 30.7 Å². The predicted octanol–water partition coefficient (Wildman–Crippen LogP) is 3.10. The Kier molecular flexibility index (Phi) is 3.95. The summed E-state index contributed by atoms with van der Waals surface area (Å²) in [5, 5.41) is 10.7. The second-order valence-electron chi connectivity index (χ2n) is 4.65. The summed E-state index contributed by atoms with van der Waals surface area (Å²) in [6, 6.07) is 11.2. The van der Waals surface area contributed by atoms with Crippen LogP contribution in [-0.2, 0) is 5.60 Å². The summed E-state index contributed by atoms with van der Waals surface area (Å²) in [4.78, 5) is 0. The molecule has 0 fully saturated rings. The van der Waals surface area contributed by atoms with E-state index < -0.39 is 11.4 Å². The van der Waals surface area contributed by atoms with E-state index in [1.807, 2.05) is 0 Å². The van der Waals surface area contributed by atoms with Crippen molar-refractivity contribution in [2.24, 2.45) is 0 Å². The lowest BCUT2D eigenvalue weighted by Crippen LogP contribution is -2.24. The molecule has 106 valence electrons. The molecule has 20 heavy (non-hydrogen) atoms. The zero-order valence-corrected chi connectivity index (χ0v) is 11.7. The van der Waals surface area contributed by atoms with E-state index in [2.05, 4.69) is 0 Å². The van der Waals surface area contributed by atoms with E-state index in [1.165, 1.54) is 20.3 Å². The summed E-state index contributed by atoms with van der Waals surface area (Å²) in [5.74, 6) is 0.617. The Morgan fingerprint density at radius 1 is 1.00 bits per heavy atom. The van der Waals surface area contributed by atoms with Gasteiger partial charge in [0.15, 0.2) is 0 Å². The zero-order chi connectivity index (χ0) is 14.8. The molecule has 0 amide bonds. The summed E-state index contributed by atoms with van der Waals surface area (Å²) in [6.07, 6.45) is 0. The van der Waals surface area contributed by atoms with Gasteiger partial charge in [-0.3, -0.25) is 0 Å². The fourth-order valence-electron chi connectivity index (χ4n) is 2.10. The molecule has 0 spiro atoms. The summed E-state index contributed by atoms with van der Waals surface area (Å²) >= 11 is 0. The van der Waals surface area contributed by atoms with Crippen molar-refractivity contribution in [3.8, 4) is 11.5 Å². The zero-order valence-electron chi connectivity index (χ0n) is 11.7. The Labute approximate surface area is 117 Å². The molecule has 0 aliphatic heterocycles. The maximum absolute atomic E-state index is 13.9. The van der Waals surface area contributed by atoms with Gasteiger partial charge < -0.3 is 14.6 Å². The third kappa shape index (κ3) is 2.60. The summed E-state index contributed by atoms with van der Waals surface area (Å²) < 4.78 is 24.3. The Morgan fingerprint density at radius 2 is 1.55 bits per heavy atom. The Hall–Kier alpha value is -2.07. The first-order valence-corrected chi connectivity index (χ1v) is 6.20. The highest BCUT2D eigenvalue weighted by molar-refractivity contribution is 5.45. The van der Waals surface area contributed by atoms with Crippen molar-refractivity contribution >= 4 is 0 Å². The highest BCUT2D eigenvalue weighted by atomic mass is 19.1. The standard InChI is InChI=1S/C16H17FO3/c1-16(18,14-6-4-5-7-15(14)17)11-8-12(19-2)10-13(9-11)20-3/h4-10,18H,1-3H3. The number of hydrogen-bond acceptors (Lipinski definition) is 3. The lowest BCUT2D eigenvalue weighted by atomic mass is 9.87. The number of hydrogen-bond donors (Lipinski definition) is 1. The van der Waals surface area contributed by atoms with Crippen molar-refractivity contribution in [2.75, 3.05) is 14.2 Å². The number of halogens is 1. The van der Waals surface area contributed by atoms with E-state index in [0.29, 0.717) is 17.1 Å². The van der Waals surface area contributed by atoms with Crippen molar-refractivity contribution in [3.05, 3.63) is 59.4 Å². The number of rotatable bonds is 4. The van der Waals surface area contributed by atoms with E-state index in [0.717, 1.165) is 0 Å². The quantitative estimate of drug-likeness (QED) is 0.932. The third-order valence-electron chi connectivity index (χ3n) is 3.31. The Bertz CT molecular complexity index is 586. The van der Waals surface area contributed by atoms with Gasteiger partial charge in [-0.2, -0.15) is 0 Å². The minimum atomic E-state index is -1.48. The van der Waals surface area contributed by atoms with E-state index in [1.54, 1.807) is 43.3 Å². The van der Waals surface area contributed by atoms with Crippen LogP contribution >= 0.6 is 0 Å². The maximum atomic E-state index is 13.9. The van der Waals surface area contributed by atoms with Crippen LogP contribution in [0.4, 0.5) is 4.39 Å². The lowest BCUT2D eigenvalue weighted by Gasteiger charge is -2.26. The predicted molar refractivity (Wildman–Crippen MR) is 74.6 cm³/mol. The SMILES string of the molecule is COc1cc(OC)cc(C(C)(O)c2ccccc2F)c1. The van der Waals surface area contributed by atoms with E-state index in [4.69, 9.17) is 9.47 Å². The fourth-order valence-corrected chi connectivity index (χ4v) is 2.10. The molecule has 0 aliphatic rings. The van der Waals surface area contributed by atoms with E-state index >= 15 is 0 Å². The molecule has 1 N–H and O–H groups in total. The van der Waals surface area contributed by atoms with Crippen molar-refractivity contribution in [2.45, 2.75) is 12.5 Å². The van der Waals surface area contributed by atoms with Crippen LogP contribution in [0.3, 0.4) is 0 Å². The average Bonchev–Trinajstić information content (AvgIpc) is 2.46. The molecule has 1 atom stereocenters. The van der Waals surface area contributed by atoms with Gasteiger partial charge in [0.25, 0.3) is 0 Å². The first-order valence-electron chi connectivity index (χ1n) is 6.20. The van der Waals surface area contributed by atoms with Crippen LogP contribution in [-0.4, -0.2) is 19.3 Å². The lowest BCUT2D eigenvalue weighted by molar-refractivity contribution is 0.0973. The molecule has 1 unspecified atom stereocenters. The molecule has 2 rings (SSSR count). The molecule has 0 bridgehead atoms. The third-order valence-corrected chi connectivity index (χ3v) is 3.31. The molecular weight excluding hydrogens is 259 g/mol. The second-order valence-corrected chi connectivity index (χ2v) is 4.65. The van der Waals surface area contributed by atoms with Crippen LogP contribution in [0.1, 0.15) is 18.1 Å². The topological polar surface area (TPSA) is 38.7 Å². The van der Waals surface area contributed by atoms with Crippen LogP contribution in [0.15, 0.2) is 42.5 Å². The van der Waals surface area contributed by atoms with Crippen LogP contribution in [0, 0.1) is 5.82 Å². The van der Waals surface area contributed by atoms with Gasteiger partial charge in [-0.15, -0.1) is 0 Å². The molecule has 0 aromatic heterocycles. The molecule has 0 heterocycles. The fraction of sp³-hybridized carbons (Fsp3) is 0.250. The molecular formula is C16H17FO3. The van der Waals surface area contributed by atoms with Crippen LogP contribution in [0.25, 0.3) is 0 Å². The van der Waals surface area contributed by atoms with Gasteiger partial charge in [-0.1, -0.05) is 18.2 Å². The van der Waals surface area contributed by atoms with Gasteiger partial charge in [-0.25, -0.2) is 4.39 Å². The van der Waals surface area contributed by atoms with Crippen molar-refractivity contribution in [3.63, 3.8) is 0 Å². The summed E-state index contributed by atoms with van der Waals surface area (Å²) in [7, 11) is 3.05. The normalized spacial score (nSPS) is 13.7. The van der Waals surface area contributed by atoms with E-state index in [9.17, 15) is 9.50 Å². The van der Waals surface area contributed by atoms with Crippen LogP contribution in [0.5, 0.6) is 11.5 Å².